The van der Waals surface area contributed by atoms with E-state index < -0.39 is 0 Å². The van der Waals surface area contributed by atoms with Gasteiger partial charge >= 0.3 is 0 Å². The number of nitrogens with zero attached hydrogens (tertiary/aromatic N) is 2. The fraction of sp³-hybridized carbons (Fsp3) is 0.900. The molecule has 1 fully saturated rings. The van der Waals surface area contributed by atoms with Crippen LogP contribution in [0.3, 0.4) is 0 Å². The van der Waals surface area contributed by atoms with Gasteiger partial charge in [0, 0.05) is 7.05 Å². The van der Waals surface area contributed by atoms with Gasteiger partial charge in [-0.2, -0.15) is 0 Å². The summed E-state index contributed by atoms with van der Waals surface area (Å²) in [6.45, 7) is 0.924. The van der Waals surface area contributed by atoms with Crippen LogP contribution in [-0.4, -0.2) is 30.5 Å². The van der Waals surface area contributed by atoms with E-state index in [2.05, 4.69) is 16.9 Å². The minimum atomic E-state index is 0.598. The zero-order chi connectivity index (χ0) is 9.26. The van der Waals surface area contributed by atoms with Gasteiger partial charge in [-0.25, -0.2) is 0 Å². The predicted octanol–water partition coefficient (Wildman–Crippen LogP) is 1.20. The lowest BCUT2D eigenvalue weighted by molar-refractivity contribution is 0.224. The zero-order valence-corrected chi connectivity index (χ0v) is 8.37. The van der Waals surface area contributed by atoms with E-state index in [1.807, 2.05) is 0 Å². The molecule has 2 rings (SSSR count). The summed E-state index contributed by atoms with van der Waals surface area (Å²) in [4.78, 5) is 6.46. The van der Waals surface area contributed by atoms with Gasteiger partial charge in [0.15, 0.2) is 5.96 Å². The molecular formula is C10H19N3. The van der Waals surface area contributed by atoms with Crippen LogP contribution in [0.4, 0.5) is 0 Å². The number of aliphatic imine (C=N–C) groups is 1. The second-order valence-corrected chi connectivity index (χ2v) is 4.28. The van der Waals surface area contributed by atoms with Gasteiger partial charge in [0.05, 0.1) is 12.6 Å². The monoisotopic (exact) mass is 181 g/mol. The van der Waals surface area contributed by atoms with Crippen LogP contribution in [0.15, 0.2) is 4.99 Å². The van der Waals surface area contributed by atoms with Crippen molar-refractivity contribution in [2.45, 2.75) is 38.1 Å². The van der Waals surface area contributed by atoms with Crippen molar-refractivity contribution in [3.05, 3.63) is 0 Å². The average Bonchev–Trinajstić information content (AvgIpc) is 2.49. The highest BCUT2D eigenvalue weighted by molar-refractivity contribution is 5.79. The second kappa shape index (κ2) is 3.56. The summed E-state index contributed by atoms with van der Waals surface area (Å²) >= 11 is 0. The lowest BCUT2D eigenvalue weighted by atomic mass is 9.84. The van der Waals surface area contributed by atoms with Gasteiger partial charge < -0.3 is 10.6 Å². The van der Waals surface area contributed by atoms with Crippen LogP contribution >= 0.6 is 0 Å². The van der Waals surface area contributed by atoms with Crippen molar-refractivity contribution in [2.75, 3.05) is 13.6 Å². The number of hydrogen-bond acceptors (Lipinski definition) is 3. The summed E-state index contributed by atoms with van der Waals surface area (Å²) in [5, 5.41) is 0. The largest absolute Gasteiger partial charge is 0.370 e. The molecule has 0 aromatic rings. The lowest BCUT2D eigenvalue weighted by Crippen LogP contribution is -2.42. The first-order valence-electron chi connectivity index (χ1n) is 5.32. The molecule has 1 unspecified atom stereocenters. The summed E-state index contributed by atoms with van der Waals surface area (Å²) in [6.07, 6.45) is 6.96. The maximum atomic E-state index is 5.75. The third-order valence-corrected chi connectivity index (χ3v) is 3.49. The van der Waals surface area contributed by atoms with E-state index in [4.69, 9.17) is 5.73 Å². The molecule has 1 heterocycles. The lowest BCUT2D eigenvalue weighted by Gasteiger charge is -2.32. The Morgan fingerprint density at radius 2 is 2.00 bits per heavy atom. The van der Waals surface area contributed by atoms with E-state index in [-0.39, 0.29) is 0 Å². The fourth-order valence-electron chi connectivity index (χ4n) is 2.58. The molecule has 0 aromatic heterocycles. The molecule has 0 spiro atoms. The standard InChI is InChI=1S/C10H19N3/c1-13-9(7-12-10(13)11)8-5-3-2-4-6-8/h8-9H,2-7H2,1H3,(H2,11,12). The van der Waals surface area contributed by atoms with Crippen molar-refractivity contribution >= 4 is 5.96 Å². The number of hydrogen-bond donors (Lipinski definition) is 1. The van der Waals surface area contributed by atoms with Crippen molar-refractivity contribution in [3.63, 3.8) is 0 Å². The second-order valence-electron chi connectivity index (χ2n) is 4.28. The van der Waals surface area contributed by atoms with Crippen LogP contribution in [0.5, 0.6) is 0 Å². The Morgan fingerprint density at radius 1 is 1.31 bits per heavy atom. The van der Waals surface area contributed by atoms with Crippen molar-refractivity contribution in [2.24, 2.45) is 16.6 Å². The third-order valence-electron chi connectivity index (χ3n) is 3.49. The van der Waals surface area contributed by atoms with E-state index in [9.17, 15) is 0 Å². The highest BCUT2D eigenvalue weighted by Gasteiger charge is 2.30. The summed E-state index contributed by atoms with van der Waals surface area (Å²) in [7, 11) is 2.07. The highest BCUT2D eigenvalue weighted by atomic mass is 15.3. The first-order chi connectivity index (χ1) is 6.29. The van der Waals surface area contributed by atoms with Crippen molar-refractivity contribution in [1.29, 1.82) is 0 Å². The first kappa shape index (κ1) is 8.85. The molecular weight excluding hydrogens is 162 g/mol. The van der Waals surface area contributed by atoms with E-state index in [1.165, 1.54) is 32.1 Å². The van der Waals surface area contributed by atoms with Crippen LogP contribution in [0.2, 0.25) is 0 Å². The van der Waals surface area contributed by atoms with E-state index >= 15 is 0 Å². The molecule has 74 valence electrons. The Bertz CT molecular complexity index is 206. The number of rotatable bonds is 1. The van der Waals surface area contributed by atoms with Gasteiger partial charge in [-0.3, -0.25) is 4.99 Å². The topological polar surface area (TPSA) is 41.6 Å². The van der Waals surface area contributed by atoms with Gasteiger partial charge in [-0.1, -0.05) is 19.3 Å². The van der Waals surface area contributed by atoms with Crippen molar-refractivity contribution in [1.82, 2.24) is 4.90 Å². The zero-order valence-electron chi connectivity index (χ0n) is 8.37. The molecule has 13 heavy (non-hydrogen) atoms. The van der Waals surface area contributed by atoms with Gasteiger partial charge in [0.25, 0.3) is 0 Å². The van der Waals surface area contributed by atoms with Crippen molar-refractivity contribution < 1.29 is 0 Å². The minimum Gasteiger partial charge on any atom is -0.370 e. The van der Waals surface area contributed by atoms with Gasteiger partial charge in [0.1, 0.15) is 0 Å². The number of guanidine groups is 1. The maximum absolute atomic E-state index is 5.75. The third kappa shape index (κ3) is 1.64. The molecule has 0 saturated heterocycles. The fourth-order valence-corrected chi connectivity index (χ4v) is 2.58. The van der Waals surface area contributed by atoms with Gasteiger partial charge in [-0.05, 0) is 18.8 Å². The van der Waals surface area contributed by atoms with E-state index in [0.717, 1.165) is 18.4 Å². The quantitative estimate of drug-likeness (QED) is 0.660. The molecule has 1 atom stereocenters. The normalized spacial score (nSPS) is 30.7. The molecule has 2 aliphatic rings. The van der Waals surface area contributed by atoms with E-state index in [1.54, 1.807) is 0 Å². The van der Waals surface area contributed by atoms with E-state index in [0.29, 0.717) is 6.04 Å². The van der Waals surface area contributed by atoms with Crippen LogP contribution in [0.25, 0.3) is 0 Å². The summed E-state index contributed by atoms with van der Waals surface area (Å²) in [5.74, 6) is 1.57. The molecule has 0 bridgehead atoms. The molecule has 3 heteroatoms. The molecule has 2 N–H and O–H groups in total. The SMILES string of the molecule is CN1C(N)=NCC1C1CCCCC1. The minimum absolute atomic E-state index is 0.598. The molecule has 1 aliphatic heterocycles. The van der Waals surface area contributed by atoms with Crippen molar-refractivity contribution in [3.8, 4) is 0 Å². The molecule has 0 radical (unpaired) electrons. The van der Waals surface area contributed by atoms with Crippen LogP contribution < -0.4 is 5.73 Å². The Morgan fingerprint density at radius 3 is 2.54 bits per heavy atom. The van der Waals surface area contributed by atoms with Gasteiger partial charge in [-0.15, -0.1) is 0 Å². The summed E-state index contributed by atoms with van der Waals surface area (Å²) in [6, 6.07) is 0.598. The Balaban J connectivity index is 1.94. The highest BCUT2D eigenvalue weighted by Crippen LogP contribution is 2.30. The summed E-state index contributed by atoms with van der Waals surface area (Å²) in [5.41, 5.74) is 5.75. The number of nitrogens with two attached hydrogens (primary N) is 1. The van der Waals surface area contributed by atoms with Crippen LogP contribution in [-0.2, 0) is 0 Å². The average molecular weight is 181 g/mol. The van der Waals surface area contributed by atoms with Crippen LogP contribution in [0, 0.1) is 5.92 Å². The Hall–Kier alpha value is -0.730. The molecule has 1 saturated carbocycles. The molecule has 0 amide bonds. The molecule has 1 aliphatic carbocycles. The Kier molecular flexibility index (Phi) is 2.42. The van der Waals surface area contributed by atoms with Gasteiger partial charge in [0.2, 0.25) is 0 Å². The summed E-state index contributed by atoms with van der Waals surface area (Å²) < 4.78 is 0. The smallest absolute Gasteiger partial charge is 0.191 e. The van der Waals surface area contributed by atoms with Crippen LogP contribution in [0.1, 0.15) is 32.1 Å². The number of likely N-dealkylation sites (N-methyl/N-ethyl adjacent to an activating group) is 1. The molecule has 0 aromatic carbocycles. The predicted molar refractivity (Wildman–Crippen MR) is 54.6 cm³/mol. The Labute approximate surface area is 80.0 Å². The first-order valence-corrected chi connectivity index (χ1v) is 5.32. The molecule has 3 nitrogen and oxygen atoms in total. The maximum Gasteiger partial charge on any atom is 0.191 e.